The molecule has 92 valence electrons. The van der Waals surface area contributed by atoms with E-state index in [-0.39, 0.29) is 6.03 Å². The summed E-state index contributed by atoms with van der Waals surface area (Å²) in [7, 11) is 3.84. The molecule has 0 aliphatic carbocycles. The summed E-state index contributed by atoms with van der Waals surface area (Å²) < 4.78 is 0. The second-order valence-electron chi connectivity index (χ2n) is 4.22. The van der Waals surface area contributed by atoms with Gasteiger partial charge in [0.25, 0.3) is 0 Å². The lowest BCUT2D eigenvalue weighted by atomic mass is 10.2. The summed E-state index contributed by atoms with van der Waals surface area (Å²) in [6.45, 7) is 1.82. The maximum Gasteiger partial charge on any atom is 0.326 e. The van der Waals surface area contributed by atoms with Crippen LogP contribution in [-0.2, 0) is 4.79 Å². The minimum Gasteiger partial charge on any atom is -0.480 e. The molecule has 2 N–H and O–H groups in total. The molecule has 1 heterocycles. The molecule has 0 bridgehead atoms. The van der Waals surface area contributed by atoms with Gasteiger partial charge < -0.3 is 20.2 Å². The molecule has 1 rings (SSSR count). The standard InChI is InChI=1S/C10H19N3O3/c1-12(2)7-5-11-10(16)13-6-3-4-8(13)9(14)15/h8H,3-7H2,1-2H3,(H,11,16)(H,14,15)/t8-/m0/s1. The van der Waals surface area contributed by atoms with Crippen molar-refractivity contribution < 1.29 is 14.7 Å². The quantitative estimate of drug-likeness (QED) is 0.700. The summed E-state index contributed by atoms with van der Waals surface area (Å²) in [6, 6.07) is -0.925. The zero-order valence-electron chi connectivity index (χ0n) is 9.77. The van der Waals surface area contributed by atoms with Gasteiger partial charge in [0.15, 0.2) is 0 Å². The molecule has 0 saturated carbocycles. The summed E-state index contributed by atoms with van der Waals surface area (Å²) in [4.78, 5) is 25.9. The zero-order chi connectivity index (χ0) is 12.1. The topological polar surface area (TPSA) is 72.9 Å². The number of carbonyl (C=O) groups excluding carboxylic acids is 1. The van der Waals surface area contributed by atoms with Gasteiger partial charge in [-0.15, -0.1) is 0 Å². The van der Waals surface area contributed by atoms with Crippen molar-refractivity contribution in [3.05, 3.63) is 0 Å². The van der Waals surface area contributed by atoms with E-state index in [9.17, 15) is 9.59 Å². The van der Waals surface area contributed by atoms with Crippen LogP contribution in [0, 0.1) is 0 Å². The van der Waals surface area contributed by atoms with Gasteiger partial charge in [-0.2, -0.15) is 0 Å². The maximum absolute atomic E-state index is 11.7. The van der Waals surface area contributed by atoms with Crippen molar-refractivity contribution in [2.24, 2.45) is 0 Å². The summed E-state index contributed by atoms with van der Waals surface area (Å²) in [5.41, 5.74) is 0. The number of urea groups is 1. The Morgan fingerprint density at radius 2 is 2.19 bits per heavy atom. The van der Waals surface area contributed by atoms with Gasteiger partial charge in [0, 0.05) is 19.6 Å². The van der Waals surface area contributed by atoms with Crippen LogP contribution in [0.3, 0.4) is 0 Å². The van der Waals surface area contributed by atoms with Gasteiger partial charge in [-0.1, -0.05) is 0 Å². The molecule has 1 fully saturated rings. The Bertz CT molecular complexity index is 268. The first kappa shape index (κ1) is 12.8. The van der Waals surface area contributed by atoms with Crippen LogP contribution in [0.15, 0.2) is 0 Å². The molecule has 0 aromatic rings. The zero-order valence-corrected chi connectivity index (χ0v) is 9.77. The van der Waals surface area contributed by atoms with Crippen molar-refractivity contribution in [2.75, 3.05) is 33.7 Å². The molecule has 0 aromatic carbocycles. The maximum atomic E-state index is 11.7. The highest BCUT2D eigenvalue weighted by atomic mass is 16.4. The molecule has 1 atom stereocenters. The van der Waals surface area contributed by atoms with Crippen LogP contribution < -0.4 is 5.32 Å². The molecule has 6 heteroatoms. The number of amides is 2. The number of carboxylic acid groups (broad SMARTS) is 1. The highest BCUT2D eigenvalue weighted by Gasteiger charge is 2.33. The van der Waals surface area contributed by atoms with Gasteiger partial charge in [0.05, 0.1) is 0 Å². The number of carbonyl (C=O) groups is 2. The lowest BCUT2D eigenvalue weighted by Crippen LogP contribution is -2.47. The Hall–Kier alpha value is -1.30. The molecule has 1 aliphatic rings. The molecule has 0 unspecified atom stereocenters. The van der Waals surface area contributed by atoms with Gasteiger partial charge in [0.2, 0.25) is 0 Å². The predicted molar refractivity (Wildman–Crippen MR) is 59.3 cm³/mol. The van der Waals surface area contributed by atoms with Crippen LogP contribution in [0.5, 0.6) is 0 Å². The average Bonchev–Trinajstić information content (AvgIpc) is 2.65. The van der Waals surface area contributed by atoms with Crippen molar-refractivity contribution in [3.63, 3.8) is 0 Å². The van der Waals surface area contributed by atoms with E-state index in [0.29, 0.717) is 19.5 Å². The normalized spacial score (nSPS) is 20.2. The Morgan fingerprint density at radius 1 is 1.50 bits per heavy atom. The Kier molecular flexibility index (Phi) is 4.54. The van der Waals surface area contributed by atoms with Crippen molar-refractivity contribution in [3.8, 4) is 0 Å². The minimum atomic E-state index is -0.916. The van der Waals surface area contributed by atoms with Crippen molar-refractivity contribution in [1.82, 2.24) is 15.1 Å². The molecule has 0 spiro atoms. The number of nitrogens with zero attached hydrogens (tertiary/aromatic N) is 2. The Labute approximate surface area is 95.2 Å². The number of aliphatic carboxylic acids is 1. The molecule has 1 aliphatic heterocycles. The number of carboxylic acids is 1. The third-order valence-corrected chi connectivity index (χ3v) is 2.63. The second kappa shape index (κ2) is 5.69. The van der Waals surface area contributed by atoms with Crippen LogP contribution >= 0.6 is 0 Å². The lowest BCUT2D eigenvalue weighted by Gasteiger charge is -2.22. The van der Waals surface area contributed by atoms with E-state index in [1.54, 1.807) is 0 Å². The molecular formula is C10H19N3O3. The van der Waals surface area contributed by atoms with Gasteiger partial charge in [-0.05, 0) is 26.9 Å². The number of likely N-dealkylation sites (tertiary alicyclic amines) is 1. The first-order valence-corrected chi connectivity index (χ1v) is 5.44. The fourth-order valence-corrected chi connectivity index (χ4v) is 1.75. The molecule has 0 radical (unpaired) electrons. The first-order chi connectivity index (χ1) is 7.52. The van der Waals surface area contributed by atoms with E-state index in [2.05, 4.69) is 5.32 Å². The number of likely N-dealkylation sites (N-methyl/N-ethyl adjacent to an activating group) is 1. The number of hydrogen-bond donors (Lipinski definition) is 2. The fourth-order valence-electron chi connectivity index (χ4n) is 1.75. The SMILES string of the molecule is CN(C)CCNC(=O)N1CCC[C@H]1C(=O)O. The van der Waals surface area contributed by atoms with Gasteiger partial charge >= 0.3 is 12.0 Å². The van der Waals surface area contributed by atoms with E-state index in [0.717, 1.165) is 13.0 Å². The van der Waals surface area contributed by atoms with E-state index < -0.39 is 12.0 Å². The molecule has 16 heavy (non-hydrogen) atoms. The predicted octanol–water partition coefficient (Wildman–Crippen LogP) is -0.193. The molecule has 0 aromatic heterocycles. The highest BCUT2D eigenvalue weighted by molar-refractivity contribution is 5.83. The number of nitrogens with one attached hydrogen (secondary N) is 1. The average molecular weight is 229 g/mol. The summed E-state index contributed by atoms with van der Waals surface area (Å²) in [5.74, 6) is -0.916. The van der Waals surface area contributed by atoms with Crippen molar-refractivity contribution >= 4 is 12.0 Å². The molecular weight excluding hydrogens is 210 g/mol. The van der Waals surface area contributed by atoms with Crippen molar-refractivity contribution in [1.29, 1.82) is 0 Å². The largest absolute Gasteiger partial charge is 0.480 e. The van der Waals surface area contributed by atoms with Crippen LogP contribution in [0.25, 0.3) is 0 Å². The highest BCUT2D eigenvalue weighted by Crippen LogP contribution is 2.16. The molecule has 2 amide bonds. The van der Waals surface area contributed by atoms with E-state index >= 15 is 0 Å². The van der Waals surface area contributed by atoms with Crippen LogP contribution in [0.1, 0.15) is 12.8 Å². The molecule has 1 saturated heterocycles. The summed E-state index contributed by atoms with van der Waals surface area (Å²) in [6.07, 6.45) is 1.31. The second-order valence-corrected chi connectivity index (χ2v) is 4.22. The summed E-state index contributed by atoms with van der Waals surface area (Å²) >= 11 is 0. The van der Waals surface area contributed by atoms with Gasteiger partial charge in [0.1, 0.15) is 6.04 Å². The van der Waals surface area contributed by atoms with E-state index in [1.807, 2.05) is 19.0 Å². The Morgan fingerprint density at radius 3 is 2.75 bits per heavy atom. The first-order valence-electron chi connectivity index (χ1n) is 5.44. The van der Waals surface area contributed by atoms with Crippen molar-refractivity contribution in [2.45, 2.75) is 18.9 Å². The summed E-state index contributed by atoms with van der Waals surface area (Å²) in [5, 5.41) is 11.6. The fraction of sp³-hybridized carbons (Fsp3) is 0.800. The minimum absolute atomic E-state index is 0.272. The third kappa shape index (κ3) is 3.37. The smallest absolute Gasteiger partial charge is 0.326 e. The molecule has 6 nitrogen and oxygen atoms in total. The van der Waals surface area contributed by atoms with Crippen LogP contribution in [0.2, 0.25) is 0 Å². The lowest BCUT2D eigenvalue weighted by molar-refractivity contribution is -0.141. The van der Waals surface area contributed by atoms with Crippen LogP contribution in [0.4, 0.5) is 4.79 Å². The number of rotatable bonds is 4. The third-order valence-electron chi connectivity index (χ3n) is 2.63. The van der Waals surface area contributed by atoms with E-state index in [4.69, 9.17) is 5.11 Å². The van der Waals surface area contributed by atoms with Gasteiger partial charge in [-0.3, -0.25) is 0 Å². The Balaban J connectivity index is 2.38. The van der Waals surface area contributed by atoms with Gasteiger partial charge in [-0.25, -0.2) is 9.59 Å². The monoisotopic (exact) mass is 229 g/mol. The van der Waals surface area contributed by atoms with Crippen LogP contribution in [-0.4, -0.2) is 66.7 Å². The van der Waals surface area contributed by atoms with E-state index in [1.165, 1.54) is 4.90 Å². The number of hydrogen-bond acceptors (Lipinski definition) is 3.